The Labute approximate surface area is 164 Å². The summed E-state index contributed by atoms with van der Waals surface area (Å²) < 4.78 is 19.6. The highest BCUT2D eigenvalue weighted by Crippen LogP contribution is 2.36. The van der Waals surface area contributed by atoms with Gasteiger partial charge in [0.25, 0.3) is 0 Å². The molecule has 1 amide bonds. The molecule has 2 aromatic heterocycles. The number of thioether (sulfide) groups is 1. The third-order valence-corrected chi connectivity index (χ3v) is 6.60. The van der Waals surface area contributed by atoms with E-state index in [-0.39, 0.29) is 17.8 Å². The largest absolute Gasteiger partial charge is 0.376 e. The van der Waals surface area contributed by atoms with Crippen LogP contribution in [0.2, 0.25) is 0 Å². The molecule has 1 fully saturated rings. The van der Waals surface area contributed by atoms with Gasteiger partial charge in [-0.05, 0) is 36.6 Å². The standard InChI is InChI=1S/C19H18FN3O2S2/c20-13-5-3-12(4-6-13)16-8-15-18(27-16)19(23-11-22-15)26-10-17(24)21-9-14-2-1-7-25-14/h3-6,8,11,14H,1-2,7,9-10H2,(H,21,24)/t14-/m0/s1. The summed E-state index contributed by atoms with van der Waals surface area (Å²) in [6.07, 6.45) is 3.71. The number of rotatable bonds is 6. The third kappa shape index (κ3) is 4.45. The van der Waals surface area contributed by atoms with E-state index in [2.05, 4.69) is 15.3 Å². The average molecular weight is 404 g/mol. The first-order valence-corrected chi connectivity index (χ1v) is 10.5. The van der Waals surface area contributed by atoms with Gasteiger partial charge in [0.05, 0.1) is 22.1 Å². The van der Waals surface area contributed by atoms with Crippen LogP contribution in [0.4, 0.5) is 4.39 Å². The Morgan fingerprint density at radius 1 is 1.33 bits per heavy atom. The molecule has 0 spiro atoms. The number of fused-ring (bicyclic) bond motifs is 1. The first kappa shape index (κ1) is 18.3. The van der Waals surface area contributed by atoms with Crippen molar-refractivity contribution in [3.63, 3.8) is 0 Å². The summed E-state index contributed by atoms with van der Waals surface area (Å²) in [6, 6.07) is 8.35. The fourth-order valence-corrected chi connectivity index (χ4v) is 4.94. The Balaban J connectivity index is 1.43. The lowest BCUT2D eigenvalue weighted by Crippen LogP contribution is -2.32. The molecule has 3 heterocycles. The van der Waals surface area contributed by atoms with Crippen LogP contribution in [0.5, 0.6) is 0 Å². The summed E-state index contributed by atoms with van der Waals surface area (Å²) in [4.78, 5) is 21.8. The molecule has 0 bridgehead atoms. The van der Waals surface area contributed by atoms with E-state index in [9.17, 15) is 9.18 Å². The number of hydrogen-bond donors (Lipinski definition) is 1. The van der Waals surface area contributed by atoms with Crippen LogP contribution in [0.25, 0.3) is 20.7 Å². The number of aromatic nitrogens is 2. The van der Waals surface area contributed by atoms with Crippen LogP contribution >= 0.6 is 23.1 Å². The van der Waals surface area contributed by atoms with E-state index in [0.29, 0.717) is 12.3 Å². The van der Waals surface area contributed by atoms with Crippen molar-refractivity contribution in [2.75, 3.05) is 18.9 Å². The average Bonchev–Trinajstić information content (AvgIpc) is 3.35. The summed E-state index contributed by atoms with van der Waals surface area (Å²) in [5, 5.41) is 3.70. The van der Waals surface area contributed by atoms with Crippen molar-refractivity contribution < 1.29 is 13.9 Å². The highest BCUT2D eigenvalue weighted by molar-refractivity contribution is 8.00. The highest BCUT2D eigenvalue weighted by atomic mass is 32.2. The molecule has 3 aromatic rings. The maximum absolute atomic E-state index is 13.1. The number of carbonyl (C=O) groups excluding carboxylic acids is 1. The molecule has 4 rings (SSSR count). The fraction of sp³-hybridized carbons (Fsp3) is 0.316. The molecular formula is C19H18FN3O2S2. The lowest BCUT2D eigenvalue weighted by Gasteiger charge is -2.10. The van der Waals surface area contributed by atoms with Gasteiger partial charge in [-0.3, -0.25) is 4.79 Å². The molecule has 5 nitrogen and oxygen atoms in total. The third-order valence-electron chi connectivity index (χ3n) is 4.30. The van der Waals surface area contributed by atoms with Crippen LogP contribution in [-0.4, -0.2) is 40.9 Å². The van der Waals surface area contributed by atoms with Gasteiger partial charge in [-0.25, -0.2) is 14.4 Å². The van der Waals surface area contributed by atoms with E-state index < -0.39 is 0 Å². The maximum Gasteiger partial charge on any atom is 0.230 e. The fourth-order valence-electron chi connectivity index (χ4n) is 2.91. The molecule has 1 aliphatic heterocycles. The molecule has 1 aromatic carbocycles. The molecule has 1 N–H and O–H groups in total. The van der Waals surface area contributed by atoms with Crippen molar-refractivity contribution in [1.82, 2.24) is 15.3 Å². The molecule has 27 heavy (non-hydrogen) atoms. The summed E-state index contributed by atoms with van der Waals surface area (Å²) in [5.41, 5.74) is 1.77. The molecule has 1 aliphatic rings. The molecule has 1 saturated heterocycles. The van der Waals surface area contributed by atoms with Crippen molar-refractivity contribution in [2.24, 2.45) is 0 Å². The molecule has 0 aliphatic carbocycles. The topological polar surface area (TPSA) is 64.1 Å². The summed E-state index contributed by atoms with van der Waals surface area (Å²) in [7, 11) is 0. The number of ether oxygens (including phenoxy) is 1. The van der Waals surface area contributed by atoms with Gasteiger partial charge in [0.1, 0.15) is 17.2 Å². The number of nitrogens with one attached hydrogen (secondary N) is 1. The number of thiophene rings is 1. The number of nitrogens with zero attached hydrogens (tertiary/aromatic N) is 2. The second-order valence-corrected chi connectivity index (χ2v) is 8.25. The number of benzene rings is 1. The Hall–Kier alpha value is -2.03. The molecule has 1 atom stereocenters. The summed E-state index contributed by atoms with van der Waals surface area (Å²) >= 11 is 2.95. The number of amides is 1. The Morgan fingerprint density at radius 3 is 2.96 bits per heavy atom. The Morgan fingerprint density at radius 2 is 2.19 bits per heavy atom. The summed E-state index contributed by atoms with van der Waals surface area (Å²) in [5.74, 6) is 0.00490. The predicted molar refractivity (Wildman–Crippen MR) is 106 cm³/mol. The van der Waals surface area contributed by atoms with Gasteiger partial charge in [0.2, 0.25) is 5.91 Å². The van der Waals surface area contributed by atoms with E-state index in [4.69, 9.17) is 4.74 Å². The van der Waals surface area contributed by atoms with Gasteiger partial charge < -0.3 is 10.1 Å². The zero-order valence-electron chi connectivity index (χ0n) is 14.5. The van der Waals surface area contributed by atoms with Crippen LogP contribution in [0.1, 0.15) is 12.8 Å². The van der Waals surface area contributed by atoms with Crippen LogP contribution < -0.4 is 5.32 Å². The van der Waals surface area contributed by atoms with Crippen LogP contribution in [-0.2, 0) is 9.53 Å². The van der Waals surface area contributed by atoms with Crippen LogP contribution in [0.15, 0.2) is 41.7 Å². The van der Waals surface area contributed by atoms with Crippen LogP contribution in [0.3, 0.4) is 0 Å². The smallest absolute Gasteiger partial charge is 0.230 e. The second-order valence-electron chi connectivity index (χ2n) is 6.24. The lowest BCUT2D eigenvalue weighted by atomic mass is 10.2. The Kier molecular flexibility index (Phi) is 5.66. The van der Waals surface area contributed by atoms with Crippen molar-refractivity contribution in [1.29, 1.82) is 0 Å². The molecule has 140 valence electrons. The van der Waals surface area contributed by atoms with Gasteiger partial charge in [-0.15, -0.1) is 11.3 Å². The van der Waals surface area contributed by atoms with Gasteiger partial charge in [-0.2, -0.15) is 0 Å². The van der Waals surface area contributed by atoms with E-state index in [1.54, 1.807) is 23.5 Å². The van der Waals surface area contributed by atoms with Gasteiger partial charge in [0, 0.05) is 18.0 Å². The van der Waals surface area contributed by atoms with E-state index in [0.717, 1.165) is 45.1 Å². The van der Waals surface area contributed by atoms with Crippen molar-refractivity contribution in [3.8, 4) is 10.4 Å². The number of halogens is 1. The highest BCUT2D eigenvalue weighted by Gasteiger charge is 2.17. The SMILES string of the molecule is O=C(CSc1ncnc2cc(-c3ccc(F)cc3)sc12)NC[C@@H]1CCCO1. The monoisotopic (exact) mass is 403 g/mol. The first-order chi connectivity index (χ1) is 13.2. The predicted octanol–water partition coefficient (Wildman–Crippen LogP) is 3.88. The quantitative estimate of drug-likeness (QED) is 0.500. The van der Waals surface area contributed by atoms with E-state index >= 15 is 0 Å². The van der Waals surface area contributed by atoms with Crippen LogP contribution in [0, 0.1) is 5.82 Å². The zero-order chi connectivity index (χ0) is 18.6. The molecule has 8 heteroatoms. The number of hydrogen-bond acceptors (Lipinski definition) is 6. The minimum atomic E-state index is -0.259. The normalized spacial score (nSPS) is 16.7. The molecule has 0 saturated carbocycles. The first-order valence-electron chi connectivity index (χ1n) is 8.70. The van der Waals surface area contributed by atoms with Gasteiger partial charge >= 0.3 is 0 Å². The van der Waals surface area contributed by atoms with Crippen molar-refractivity contribution in [2.45, 2.75) is 24.0 Å². The zero-order valence-corrected chi connectivity index (χ0v) is 16.1. The minimum Gasteiger partial charge on any atom is -0.376 e. The lowest BCUT2D eigenvalue weighted by molar-refractivity contribution is -0.119. The minimum absolute atomic E-state index is 0.0300. The Bertz CT molecular complexity index is 940. The molecule has 0 radical (unpaired) electrons. The second kappa shape index (κ2) is 8.33. The van der Waals surface area contributed by atoms with Crippen molar-refractivity contribution >= 4 is 39.2 Å². The molecule has 0 unspecified atom stereocenters. The maximum atomic E-state index is 13.1. The van der Waals surface area contributed by atoms with E-state index in [1.807, 2.05) is 6.07 Å². The van der Waals surface area contributed by atoms with Gasteiger partial charge in [-0.1, -0.05) is 23.9 Å². The molecular weight excluding hydrogens is 385 g/mol. The number of carbonyl (C=O) groups is 1. The van der Waals surface area contributed by atoms with E-state index in [1.165, 1.54) is 30.2 Å². The summed E-state index contributed by atoms with van der Waals surface area (Å²) in [6.45, 7) is 1.34. The van der Waals surface area contributed by atoms with Gasteiger partial charge in [0.15, 0.2) is 0 Å². The van der Waals surface area contributed by atoms with Crippen molar-refractivity contribution in [3.05, 3.63) is 42.5 Å².